The Morgan fingerprint density at radius 1 is 1.08 bits per heavy atom. The molecule has 132 valence electrons. The van der Waals surface area contributed by atoms with Crippen LogP contribution in [0.3, 0.4) is 0 Å². The fourth-order valence-electron chi connectivity index (χ4n) is 2.25. The summed E-state index contributed by atoms with van der Waals surface area (Å²) in [5, 5.41) is 24.4. The summed E-state index contributed by atoms with van der Waals surface area (Å²) in [5.74, 6) is -0.364. The minimum absolute atomic E-state index is 0.0528. The number of nitrogens with one attached hydrogen (secondary N) is 2. The second kappa shape index (κ2) is 7.71. The molecule has 8 heteroatoms. The van der Waals surface area contributed by atoms with Gasteiger partial charge in [-0.1, -0.05) is 41.9 Å². The van der Waals surface area contributed by atoms with E-state index in [0.717, 1.165) is 5.56 Å². The molecule has 0 radical (unpaired) electrons. The molecule has 3 aromatic rings. The van der Waals surface area contributed by atoms with Crippen molar-refractivity contribution < 1.29 is 15.0 Å². The van der Waals surface area contributed by atoms with Gasteiger partial charge in [-0.25, -0.2) is 4.98 Å². The number of aromatic nitrogens is 2. The van der Waals surface area contributed by atoms with Gasteiger partial charge in [0.05, 0.1) is 16.4 Å². The first-order valence-electron chi connectivity index (χ1n) is 7.67. The molecule has 0 spiro atoms. The third-order valence-electron chi connectivity index (χ3n) is 3.41. The van der Waals surface area contributed by atoms with Crippen molar-refractivity contribution in [3.8, 4) is 17.0 Å². The molecule has 0 aliphatic carbocycles. The fraction of sp³-hybridized carbons (Fsp3) is 0.0556. The van der Waals surface area contributed by atoms with Crippen LogP contribution in [0.25, 0.3) is 11.3 Å². The number of hydrogen-bond donors (Lipinski definition) is 4. The molecule has 0 saturated heterocycles. The largest absolute Gasteiger partial charge is 0.508 e. The number of rotatable bonds is 6. The summed E-state index contributed by atoms with van der Waals surface area (Å²) in [6, 6.07) is 15.7. The van der Waals surface area contributed by atoms with Crippen molar-refractivity contribution >= 4 is 35.0 Å². The lowest BCUT2D eigenvalue weighted by Crippen LogP contribution is -2.15. The molecule has 0 bridgehead atoms. The maximum Gasteiger partial charge on any atom is 0.322 e. The van der Waals surface area contributed by atoms with E-state index >= 15 is 0 Å². The number of nitrogens with zero attached hydrogens (tertiary/aromatic N) is 2. The predicted octanol–water partition coefficient (Wildman–Crippen LogP) is 3.74. The van der Waals surface area contributed by atoms with Gasteiger partial charge in [-0.3, -0.25) is 4.79 Å². The Bertz CT molecular complexity index is 935. The molecule has 0 unspecified atom stereocenters. The number of carboxylic acid groups (broad SMARTS) is 1. The van der Waals surface area contributed by atoms with Gasteiger partial charge in [-0.2, -0.15) is 4.98 Å². The molecular formula is C18H15ClN4O3. The summed E-state index contributed by atoms with van der Waals surface area (Å²) < 4.78 is 0. The van der Waals surface area contributed by atoms with Gasteiger partial charge in [-0.05, 0) is 12.1 Å². The van der Waals surface area contributed by atoms with Gasteiger partial charge in [0, 0.05) is 17.7 Å². The number of halogens is 1. The van der Waals surface area contributed by atoms with E-state index in [4.69, 9.17) is 16.7 Å². The van der Waals surface area contributed by atoms with Crippen molar-refractivity contribution in [3.05, 3.63) is 59.6 Å². The standard InChI is InChI=1S/C18H15ClN4O3/c19-13-8-12(24)6-7-14(13)21-16-9-15(11-4-2-1-3-5-11)22-18(23-16)20-10-17(25)26/h1-9,24H,10H2,(H,25,26)(H2,20,21,22,23). The van der Waals surface area contributed by atoms with Crippen LogP contribution in [0.4, 0.5) is 17.5 Å². The summed E-state index contributed by atoms with van der Waals surface area (Å²) in [7, 11) is 0. The first-order chi connectivity index (χ1) is 12.5. The fourth-order valence-corrected chi connectivity index (χ4v) is 2.47. The molecule has 1 aromatic heterocycles. The Morgan fingerprint density at radius 2 is 1.85 bits per heavy atom. The topological polar surface area (TPSA) is 107 Å². The number of phenols is 1. The third-order valence-corrected chi connectivity index (χ3v) is 3.72. The SMILES string of the molecule is O=C(O)CNc1nc(Nc2ccc(O)cc2Cl)cc(-c2ccccc2)n1. The summed E-state index contributed by atoms with van der Waals surface area (Å²) in [6.45, 7) is -0.308. The van der Waals surface area contributed by atoms with Gasteiger partial charge >= 0.3 is 5.97 Å². The van der Waals surface area contributed by atoms with E-state index in [2.05, 4.69) is 20.6 Å². The molecule has 4 N–H and O–H groups in total. The highest BCUT2D eigenvalue weighted by Gasteiger charge is 2.10. The Kier molecular flexibility index (Phi) is 5.19. The highest BCUT2D eigenvalue weighted by Crippen LogP contribution is 2.29. The number of carboxylic acids is 1. The maximum absolute atomic E-state index is 10.8. The van der Waals surface area contributed by atoms with Crippen LogP contribution in [-0.4, -0.2) is 32.7 Å². The Balaban J connectivity index is 1.97. The monoisotopic (exact) mass is 370 g/mol. The van der Waals surface area contributed by atoms with E-state index in [1.165, 1.54) is 12.1 Å². The number of aliphatic carboxylic acids is 1. The van der Waals surface area contributed by atoms with E-state index < -0.39 is 5.97 Å². The molecule has 0 saturated carbocycles. The van der Waals surface area contributed by atoms with Gasteiger partial charge < -0.3 is 20.8 Å². The molecule has 0 amide bonds. The summed E-state index contributed by atoms with van der Waals surface area (Å²) in [4.78, 5) is 19.4. The Hall–Kier alpha value is -3.32. The molecule has 3 rings (SSSR count). The number of phenolic OH excluding ortho intramolecular Hbond substituents is 1. The van der Waals surface area contributed by atoms with Gasteiger partial charge in [0.1, 0.15) is 18.1 Å². The van der Waals surface area contributed by atoms with Crippen LogP contribution < -0.4 is 10.6 Å². The maximum atomic E-state index is 10.8. The number of hydrogen-bond acceptors (Lipinski definition) is 6. The quantitative estimate of drug-likeness (QED) is 0.489. The normalized spacial score (nSPS) is 10.3. The minimum atomic E-state index is -1.02. The average Bonchev–Trinajstić information content (AvgIpc) is 2.63. The Labute approximate surface area is 154 Å². The summed E-state index contributed by atoms with van der Waals surface area (Å²) in [6.07, 6.45) is 0. The lowest BCUT2D eigenvalue weighted by atomic mass is 10.1. The van der Waals surface area contributed by atoms with Gasteiger partial charge in [-0.15, -0.1) is 0 Å². The second-order valence-corrected chi connectivity index (χ2v) is 5.77. The summed E-state index contributed by atoms with van der Waals surface area (Å²) in [5.41, 5.74) is 2.02. The summed E-state index contributed by atoms with van der Waals surface area (Å²) >= 11 is 6.12. The second-order valence-electron chi connectivity index (χ2n) is 5.36. The van der Waals surface area contributed by atoms with Crippen LogP contribution >= 0.6 is 11.6 Å². The smallest absolute Gasteiger partial charge is 0.322 e. The van der Waals surface area contributed by atoms with Crippen molar-refractivity contribution in [1.82, 2.24) is 9.97 Å². The number of carbonyl (C=O) groups is 1. The molecule has 1 heterocycles. The molecule has 7 nitrogen and oxygen atoms in total. The van der Waals surface area contributed by atoms with Gasteiger partial charge in [0.25, 0.3) is 0 Å². The minimum Gasteiger partial charge on any atom is -0.508 e. The predicted molar refractivity (Wildman–Crippen MR) is 100.0 cm³/mol. The van der Waals surface area contributed by atoms with Crippen LogP contribution in [0.5, 0.6) is 5.75 Å². The van der Waals surface area contributed by atoms with Crippen LogP contribution in [0.1, 0.15) is 0 Å². The van der Waals surface area contributed by atoms with Crippen molar-refractivity contribution in [2.24, 2.45) is 0 Å². The van der Waals surface area contributed by atoms with Crippen LogP contribution in [0.2, 0.25) is 5.02 Å². The molecule has 26 heavy (non-hydrogen) atoms. The van der Waals surface area contributed by atoms with Crippen molar-refractivity contribution in [3.63, 3.8) is 0 Å². The Morgan fingerprint density at radius 3 is 2.54 bits per heavy atom. The molecule has 2 aromatic carbocycles. The molecule has 0 fully saturated rings. The highest BCUT2D eigenvalue weighted by atomic mass is 35.5. The average molecular weight is 371 g/mol. The molecule has 0 aliphatic heterocycles. The van der Waals surface area contributed by atoms with E-state index in [9.17, 15) is 9.90 Å². The molecule has 0 atom stereocenters. The zero-order chi connectivity index (χ0) is 18.5. The van der Waals surface area contributed by atoms with Crippen LogP contribution in [0, 0.1) is 0 Å². The number of benzene rings is 2. The zero-order valence-corrected chi connectivity index (χ0v) is 14.2. The van der Waals surface area contributed by atoms with Crippen molar-refractivity contribution in [1.29, 1.82) is 0 Å². The lowest BCUT2D eigenvalue weighted by molar-refractivity contribution is -0.134. The van der Waals surface area contributed by atoms with E-state index in [0.29, 0.717) is 22.2 Å². The zero-order valence-electron chi connectivity index (χ0n) is 13.5. The van der Waals surface area contributed by atoms with Crippen LogP contribution in [-0.2, 0) is 4.79 Å². The first-order valence-corrected chi connectivity index (χ1v) is 8.05. The molecular weight excluding hydrogens is 356 g/mol. The number of aromatic hydroxyl groups is 1. The number of anilines is 3. The van der Waals surface area contributed by atoms with E-state index in [1.54, 1.807) is 12.1 Å². The van der Waals surface area contributed by atoms with Gasteiger partial charge in [0.2, 0.25) is 5.95 Å². The van der Waals surface area contributed by atoms with Crippen molar-refractivity contribution in [2.45, 2.75) is 0 Å². The van der Waals surface area contributed by atoms with Crippen LogP contribution in [0.15, 0.2) is 54.6 Å². The lowest BCUT2D eigenvalue weighted by Gasteiger charge is -2.12. The van der Waals surface area contributed by atoms with E-state index in [-0.39, 0.29) is 18.2 Å². The first kappa shape index (κ1) is 17.5. The van der Waals surface area contributed by atoms with Crippen molar-refractivity contribution in [2.75, 3.05) is 17.2 Å². The highest BCUT2D eigenvalue weighted by molar-refractivity contribution is 6.33. The van der Waals surface area contributed by atoms with Gasteiger partial charge in [0.15, 0.2) is 0 Å². The third kappa shape index (κ3) is 4.40. The van der Waals surface area contributed by atoms with E-state index in [1.807, 2.05) is 30.3 Å². The molecule has 0 aliphatic rings.